The van der Waals surface area contributed by atoms with Crippen molar-refractivity contribution in [2.24, 2.45) is 0 Å². The van der Waals surface area contributed by atoms with Gasteiger partial charge in [0.25, 0.3) is 5.91 Å². The van der Waals surface area contributed by atoms with E-state index in [0.717, 1.165) is 5.56 Å². The van der Waals surface area contributed by atoms with Crippen LogP contribution in [0.2, 0.25) is 10.0 Å². The van der Waals surface area contributed by atoms with Crippen LogP contribution < -0.4 is 10.1 Å². The molecule has 0 saturated carbocycles. The number of amides is 1. The van der Waals surface area contributed by atoms with Crippen LogP contribution in [0.3, 0.4) is 0 Å². The van der Waals surface area contributed by atoms with Crippen molar-refractivity contribution in [3.05, 3.63) is 57.6 Å². The van der Waals surface area contributed by atoms with Gasteiger partial charge in [0.05, 0.1) is 19.2 Å². The molecule has 1 N–H and O–H groups in total. The SMILES string of the molecule is COc1ccc(C)cc1NC(=O)C(C)OC(=O)Cc1c(Cl)cccc1Cl. The van der Waals surface area contributed by atoms with Gasteiger partial charge in [0.1, 0.15) is 5.75 Å². The fourth-order valence-corrected chi connectivity index (χ4v) is 2.82. The molecule has 26 heavy (non-hydrogen) atoms. The molecule has 138 valence electrons. The molecule has 0 spiro atoms. The minimum Gasteiger partial charge on any atom is -0.495 e. The van der Waals surface area contributed by atoms with E-state index in [-0.39, 0.29) is 6.42 Å². The second-order valence-corrected chi connectivity index (χ2v) is 6.52. The van der Waals surface area contributed by atoms with Gasteiger partial charge < -0.3 is 14.8 Å². The minimum absolute atomic E-state index is 0.121. The third kappa shape index (κ3) is 5.13. The Hall–Kier alpha value is -2.24. The van der Waals surface area contributed by atoms with E-state index in [0.29, 0.717) is 27.0 Å². The van der Waals surface area contributed by atoms with E-state index in [4.69, 9.17) is 32.7 Å². The van der Waals surface area contributed by atoms with E-state index in [2.05, 4.69) is 5.32 Å². The Balaban J connectivity index is 2.01. The Kier molecular flexibility index (Phi) is 6.89. The first-order valence-corrected chi connectivity index (χ1v) is 8.65. The topological polar surface area (TPSA) is 64.6 Å². The van der Waals surface area contributed by atoms with E-state index >= 15 is 0 Å². The highest BCUT2D eigenvalue weighted by Gasteiger charge is 2.21. The molecule has 1 amide bonds. The van der Waals surface area contributed by atoms with Crippen molar-refractivity contribution < 1.29 is 19.1 Å². The molecule has 0 radical (unpaired) electrons. The smallest absolute Gasteiger partial charge is 0.311 e. The Morgan fingerprint density at radius 3 is 2.42 bits per heavy atom. The predicted octanol–water partition coefficient (Wildman–Crippen LogP) is 4.42. The highest BCUT2D eigenvalue weighted by molar-refractivity contribution is 6.36. The first kappa shape index (κ1) is 20.1. The number of aryl methyl sites for hydroxylation is 1. The Labute approximate surface area is 162 Å². The highest BCUT2D eigenvalue weighted by Crippen LogP contribution is 2.26. The quantitative estimate of drug-likeness (QED) is 0.734. The van der Waals surface area contributed by atoms with E-state index in [1.807, 2.05) is 13.0 Å². The molecular weight excluding hydrogens is 377 g/mol. The van der Waals surface area contributed by atoms with Crippen LogP contribution in [0.5, 0.6) is 5.75 Å². The van der Waals surface area contributed by atoms with Crippen molar-refractivity contribution in [2.45, 2.75) is 26.4 Å². The third-order valence-electron chi connectivity index (χ3n) is 3.67. The summed E-state index contributed by atoms with van der Waals surface area (Å²) in [6, 6.07) is 10.3. The van der Waals surface area contributed by atoms with Gasteiger partial charge in [-0.2, -0.15) is 0 Å². The van der Waals surface area contributed by atoms with Gasteiger partial charge in [-0.3, -0.25) is 9.59 Å². The van der Waals surface area contributed by atoms with Crippen LogP contribution >= 0.6 is 23.2 Å². The molecule has 0 aliphatic carbocycles. The van der Waals surface area contributed by atoms with Crippen LogP contribution in [0.4, 0.5) is 5.69 Å². The number of halogens is 2. The molecule has 2 aromatic rings. The number of benzene rings is 2. The summed E-state index contributed by atoms with van der Waals surface area (Å²) in [5.74, 6) is -0.545. The lowest BCUT2D eigenvalue weighted by Gasteiger charge is -2.16. The van der Waals surface area contributed by atoms with Crippen molar-refractivity contribution in [1.82, 2.24) is 0 Å². The molecule has 0 fully saturated rings. The average molecular weight is 396 g/mol. The van der Waals surface area contributed by atoms with Crippen molar-refractivity contribution >= 4 is 40.8 Å². The maximum Gasteiger partial charge on any atom is 0.311 e. The van der Waals surface area contributed by atoms with Gasteiger partial charge in [-0.15, -0.1) is 0 Å². The number of anilines is 1. The fourth-order valence-electron chi connectivity index (χ4n) is 2.29. The van der Waals surface area contributed by atoms with Crippen molar-refractivity contribution in [1.29, 1.82) is 0 Å². The van der Waals surface area contributed by atoms with Gasteiger partial charge in [0.15, 0.2) is 6.10 Å². The van der Waals surface area contributed by atoms with Crippen LogP contribution in [0.25, 0.3) is 0 Å². The average Bonchev–Trinajstić information content (AvgIpc) is 2.58. The van der Waals surface area contributed by atoms with Crippen molar-refractivity contribution in [3.8, 4) is 5.75 Å². The summed E-state index contributed by atoms with van der Waals surface area (Å²) in [6.45, 7) is 3.38. The Morgan fingerprint density at radius 2 is 1.81 bits per heavy atom. The predicted molar refractivity (Wildman–Crippen MR) is 102 cm³/mol. The maximum atomic E-state index is 12.3. The summed E-state index contributed by atoms with van der Waals surface area (Å²) in [5, 5.41) is 3.44. The maximum absolute atomic E-state index is 12.3. The molecule has 5 nitrogen and oxygen atoms in total. The standard InChI is InChI=1S/C19H19Cl2NO4/c1-11-7-8-17(25-3)16(9-11)22-19(24)12(2)26-18(23)10-13-14(20)5-4-6-15(13)21/h4-9,12H,10H2,1-3H3,(H,22,24). The summed E-state index contributed by atoms with van der Waals surface area (Å²) >= 11 is 12.1. The van der Waals surface area contributed by atoms with E-state index in [1.165, 1.54) is 14.0 Å². The molecule has 2 rings (SSSR count). The summed E-state index contributed by atoms with van der Waals surface area (Å²) in [5.41, 5.74) is 1.93. The van der Waals surface area contributed by atoms with Gasteiger partial charge in [0.2, 0.25) is 0 Å². The summed E-state index contributed by atoms with van der Waals surface area (Å²) in [4.78, 5) is 24.4. The van der Waals surface area contributed by atoms with Crippen molar-refractivity contribution in [2.75, 3.05) is 12.4 Å². The zero-order chi connectivity index (χ0) is 19.3. The minimum atomic E-state index is -0.992. The lowest BCUT2D eigenvalue weighted by molar-refractivity contribution is -0.152. The van der Waals surface area contributed by atoms with E-state index in [9.17, 15) is 9.59 Å². The number of hydrogen-bond acceptors (Lipinski definition) is 4. The van der Waals surface area contributed by atoms with Gasteiger partial charge in [-0.05, 0) is 43.7 Å². The third-order valence-corrected chi connectivity index (χ3v) is 4.38. The fraction of sp³-hybridized carbons (Fsp3) is 0.263. The number of hydrogen-bond donors (Lipinski definition) is 1. The van der Waals surface area contributed by atoms with Crippen LogP contribution in [0, 0.1) is 6.92 Å². The molecule has 0 aromatic heterocycles. The van der Waals surface area contributed by atoms with Crippen LogP contribution in [0.15, 0.2) is 36.4 Å². The second kappa shape index (κ2) is 8.92. The van der Waals surface area contributed by atoms with Gasteiger partial charge in [-0.1, -0.05) is 35.3 Å². The molecule has 2 aromatic carbocycles. The summed E-state index contributed by atoms with van der Waals surface area (Å²) in [7, 11) is 1.51. The number of ether oxygens (including phenoxy) is 2. The van der Waals surface area contributed by atoms with E-state index < -0.39 is 18.0 Å². The number of carbonyl (C=O) groups is 2. The summed E-state index contributed by atoms with van der Waals surface area (Å²) in [6.07, 6.45) is -1.11. The van der Waals surface area contributed by atoms with Crippen LogP contribution in [-0.4, -0.2) is 25.1 Å². The van der Waals surface area contributed by atoms with Gasteiger partial charge in [-0.25, -0.2) is 0 Å². The summed E-state index contributed by atoms with van der Waals surface area (Å²) < 4.78 is 10.4. The highest BCUT2D eigenvalue weighted by atomic mass is 35.5. The first-order chi connectivity index (χ1) is 12.3. The van der Waals surface area contributed by atoms with E-state index in [1.54, 1.807) is 30.3 Å². The van der Waals surface area contributed by atoms with Gasteiger partial charge in [0, 0.05) is 15.6 Å². The number of rotatable bonds is 6. The molecule has 0 heterocycles. The van der Waals surface area contributed by atoms with Crippen molar-refractivity contribution in [3.63, 3.8) is 0 Å². The monoisotopic (exact) mass is 395 g/mol. The number of esters is 1. The zero-order valence-electron chi connectivity index (χ0n) is 14.6. The van der Waals surface area contributed by atoms with Crippen LogP contribution in [-0.2, 0) is 20.7 Å². The zero-order valence-corrected chi connectivity index (χ0v) is 16.1. The molecular formula is C19H19Cl2NO4. The Bertz CT molecular complexity index is 803. The van der Waals surface area contributed by atoms with Crippen LogP contribution in [0.1, 0.15) is 18.1 Å². The second-order valence-electron chi connectivity index (χ2n) is 5.70. The lowest BCUT2D eigenvalue weighted by Crippen LogP contribution is -2.30. The Morgan fingerprint density at radius 1 is 1.15 bits per heavy atom. The molecule has 7 heteroatoms. The largest absolute Gasteiger partial charge is 0.495 e. The first-order valence-electron chi connectivity index (χ1n) is 7.89. The molecule has 1 unspecified atom stereocenters. The number of nitrogens with one attached hydrogen (secondary N) is 1. The number of carbonyl (C=O) groups excluding carboxylic acids is 2. The molecule has 0 saturated heterocycles. The lowest BCUT2D eigenvalue weighted by atomic mass is 10.1. The molecule has 0 aliphatic heterocycles. The molecule has 0 bridgehead atoms. The molecule has 0 aliphatic rings. The normalized spacial score (nSPS) is 11.6. The molecule has 1 atom stereocenters. The van der Waals surface area contributed by atoms with Gasteiger partial charge >= 0.3 is 5.97 Å². The number of methoxy groups -OCH3 is 1.